The van der Waals surface area contributed by atoms with Crippen molar-refractivity contribution in [3.05, 3.63) is 47.9 Å². The highest BCUT2D eigenvalue weighted by molar-refractivity contribution is 7.15. The lowest BCUT2D eigenvalue weighted by molar-refractivity contribution is -0.131. The van der Waals surface area contributed by atoms with Crippen molar-refractivity contribution in [2.45, 2.75) is 0 Å². The molecule has 0 amide bonds. The second-order valence-corrected chi connectivity index (χ2v) is 4.67. The van der Waals surface area contributed by atoms with Crippen LogP contribution in [0.3, 0.4) is 0 Å². The summed E-state index contributed by atoms with van der Waals surface area (Å²) in [6, 6.07) is 3.82. The molecule has 0 saturated carbocycles. The molecule has 0 saturated heterocycles. The molecule has 0 aromatic carbocycles. The van der Waals surface area contributed by atoms with E-state index in [1.54, 1.807) is 24.7 Å². The minimum atomic E-state index is -0.976. The summed E-state index contributed by atoms with van der Waals surface area (Å²) < 4.78 is 1.93. The van der Waals surface area contributed by atoms with Gasteiger partial charge in [-0.3, -0.25) is 9.38 Å². The Morgan fingerprint density at radius 2 is 2.16 bits per heavy atom. The Hall–Kier alpha value is -2.47. The molecule has 0 aliphatic heterocycles. The number of aliphatic carboxylic acids is 1. The Labute approximate surface area is 112 Å². The summed E-state index contributed by atoms with van der Waals surface area (Å²) in [6.45, 7) is 0. The third kappa shape index (κ3) is 2.13. The van der Waals surface area contributed by atoms with Crippen LogP contribution in [-0.2, 0) is 4.79 Å². The average molecular weight is 271 g/mol. The molecule has 0 spiro atoms. The second kappa shape index (κ2) is 4.66. The Bertz CT molecular complexity index is 759. The van der Waals surface area contributed by atoms with Gasteiger partial charge in [0.1, 0.15) is 0 Å². The van der Waals surface area contributed by atoms with Crippen molar-refractivity contribution in [1.29, 1.82) is 0 Å². The van der Waals surface area contributed by atoms with Gasteiger partial charge in [0.2, 0.25) is 0 Å². The van der Waals surface area contributed by atoms with Gasteiger partial charge in [0.25, 0.3) is 0 Å². The van der Waals surface area contributed by atoms with Crippen molar-refractivity contribution >= 4 is 28.3 Å². The van der Waals surface area contributed by atoms with Gasteiger partial charge in [-0.15, -0.1) is 11.3 Å². The summed E-state index contributed by atoms with van der Waals surface area (Å²) >= 11 is 1.51. The summed E-state index contributed by atoms with van der Waals surface area (Å²) in [7, 11) is 0. The monoisotopic (exact) mass is 271 g/mol. The van der Waals surface area contributed by atoms with Crippen LogP contribution in [0.2, 0.25) is 0 Å². The van der Waals surface area contributed by atoms with E-state index in [2.05, 4.69) is 9.97 Å². The third-order valence-corrected chi connectivity index (χ3v) is 3.49. The van der Waals surface area contributed by atoms with Gasteiger partial charge >= 0.3 is 5.97 Å². The number of thiazole rings is 1. The van der Waals surface area contributed by atoms with Gasteiger partial charge in [-0.1, -0.05) is 0 Å². The Kier molecular flexibility index (Phi) is 2.85. The second-order valence-electron chi connectivity index (χ2n) is 3.83. The summed E-state index contributed by atoms with van der Waals surface area (Å²) in [5.74, 6) is -0.976. The molecule has 0 aliphatic rings. The first-order chi connectivity index (χ1) is 9.25. The zero-order chi connectivity index (χ0) is 13.2. The van der Waals surface area contributed by atoms with Crippen LogP contribution in [0, 0.1) is 0 Å². The van der Waals surface area contributed by atoms with Crippen molar-refractivity contribution in [1.82, 2.24) is 14.4 Å². The van der Waals surface area contributed by atoms with Gasteiger partial charge < -0.3 is 5.11 Å². The van der Waals surface area contributed by atoms with Gasteiger partial charge in [0.15, 0.2) is 4.96 Å². The molecule has 0 atom stereocenters. The first-order valence-electron chi connectivity index (χ1n) is 5.52. The van der Waals surface area contributed by atoms with Crippen LogP contribution in [-0.4, -0.2) is 25.4 Å². The van der Waals surface area contributed by atoms with E-state index in [-0.39, 0.29) is 0 Å². The summed E-state index contributed by atoms with van der Waals surface area (Å²) in [6.07, 6.45) is 7.76. The van der Waals surface area contributed by atoms with Crippen molar-refractivity contribution < 1.29 is 9.90 Å². The van der Waals surface area contributed by atoms with Gasteiger partial charge in [-0.05, 0) is 18.2 Å². The molecule has 94 valence electrons. The van der Waals surface area contributed by atoms with Gasteiger partial charge in [0, 0.05) is 29.4 Å². The molecule has 19 heavy (non-hydrogen) atoms. The highest BCUT2D eigenvalue weighted by atomic mass is 32.1. The number of imidazole rings is 1. The van der Waals surface area contributed by atoms with E-state index in [1.807, 2.05) is 21.9 Å². The average Bonchev–Trinajstić information content (AvgIpc) is 2.99. The zero-order valence-corrected chi connectivity index (χ0v) is 10.5. The normalized spacial score (nSPS) is 11.4. The fourth-order valence-corrected chi connectivity index (χ4v) is 2.71. The topological polar surface area (TPSA) is 67.5 Å². The lowest BCUT2D eigenvalue weighted by Gasteiger charge is -2.00. The van der Waals surface area contributed by atoms with E-state index < -0.39 is 5.97 Å². The largest absolute Gasteiger partial charge is 0.478 e. The molecule has 5 nitrogen and oxygen atoms in total. The standard InChI is InChI=1S/C13H9N3O2S/c17-12(18)2-1-10-7-15-13-16(10)11(8-19-13)9-3-5-14-6-4-9/h1-8H,(H,17,18)/b2-1+. The number of hydrogen-bond acceptors (Lipinski definition) is 4. The van der Waals surface area contributed by atoms with E-state index in [9.17, 15) is 4.79 Å². The first kappa shape index (κ1) is 11.6. The van der Waals surface area contributed by atoms with Crippen LogP contribution in [0.25, 0.3) is 22.3 Å². The van der Waals surface area contributed by atoms with E-state index in [1.165, 1.54) is 11.3 Å². The summed E-state index contributed by atoms with van der Waals surface area (Å²) in [4.78, 5) is 19.7. The van der Waals surface area contributed by atoms with Crippen LogP contribution in [0.5, 0.6) is 0 Å². The van der Waals surface area contributed by atoms with Crippen molar-refractivity contribution in [3.8, 4) is 11.3 Å². The van der Waals surface area contributed by atoms with Crippen LogP contribution >= 0.6 is 11.3 Å². The molecular weight excluding hydrogens is 262 g/mol. The smallest absolute Gasteiger partial charge is 0.328 e. The number of aromatic nitrogens is 3. The SMILES string of the molecule is O=C(O)/C=C/c1cnc2scc(-c3ccncc3)n12. The number of carbonyl (C=O) groups is 1. The Morgan fingerprint density at radius 3 is 2.89 bits per heavy atom. The molecule has 3 heterocycles. The van der Waals surface area contributed by atoms with Gasteiger partial charge in [0.05, 0.1) is 17.6 Å². The lowest BCUT2D eigenvalue weighted by Crippen LogP contribution is -1.90. The molecule has 0 unspecified atom stereocenters. The molecule has 0 bridgehead atoms. The number of fused-ring (bicyclic) bond motifs is 1. The van der Waals surface area contributed by atoms with E-state index in [4.69, 9.17) is 5.11 Å². The molecule has 3 rings (SSSR count). The van der Waals surface area contributed by atoms with E-state index in [0.717, 1.165) is 28.0 Å². The summed E-state index contributed by atoms with van der Waals surface area (Å²) in [5, 5.41) is 10.7. The quantitative estimate of drug-likeness (QED) is 0.743. The minimum absolute atomic E-state index is 0.741. The molecule has 0 radical (unpaired) electrons. The predicted octanol–water partition coefficient (Wildman–Crippen LogP) is 2.56. The predicted molar refractivity (Wildman–Crippen MR) is 73.0 cm³/mol. The molecular formula is C13H9N3O2S. The fourth-order valence-electron chi connectivity index (χ4n) is 1.83. The number of pyridine rings is 1. The maximum absolute atomic E-state index is 10.6. The van der Waals surface area contributed by atoms with E-state index >= 15 is 0 Å². The molecule has 0 fully saturated rings. The molecule has 3 aromatic rings. The first-order valence-corrected chi connectivity index (χ1v) is 6.40. The van der Waals surface area contributed by atoms with Gasteiger partial charge in [-0.25, -0.2) is 9.78 Å². The maximum atomic E-state index is 10.6. The molecule has 0 aliphatic carbocycles. The van der Waals surface area contributed by atoms with Gasteiger partial charge in [-0.2, -0.15) is 0 Å². The highest BCUT2D eigenvalue weighted by Gasteiger charge is 2.10. The number of carboxylic acids is 1. The van der Waals surface area contributed by atoms with Crippen molar-refractivity contribution in [3.63, 3.8) is 0 Å². The fraction of sp³-hybridized carbons (Fsp3) is 0. The molecule has 6 heteroatoms. The highest BCUT2D eigenvalue weighted by Crippen LogP contribution is 2.27. The van der Waals surface area contributed by atoms with Crippen molar-refractivity contribution in [2.75, 3.05) is 0 Å². The van der Waals surface area contributed by atoms with Crippen LogP contribution < -0.4 is 0 Å². The number of nitrogens with zero attached hydrogens (tertiary/aromatic N) is 3. The Balaban J connectivity index is 2.16. The van der Waals surface area contributed by atoms with Crippen LogP contribution in [0.1, 0.15) is 5.69 Å². The van der Waals surface area contributed by atoms with E-state index in [0.29, 0.717) is 0 Å². The van der Waals surface area contributed by atoms with Crippen molar-refractivity contribution in [2.24, 2.45) is 0 Å². The molecule has 1 N–H and O–H groups in total. The number of hydrogen-bond donors (Lipinski definition) is 1. The Morgan fingerprint density at radius 1 is 1.37 bits per heavy atom. The number of rotatable bonds is 3. The molecule has 3 aromatic heterocycles. The number of carboxylic acid groups (broad SMARTS) is 1. The third-order valence-electron chi connectivity index (χ3n) is 2.65. The summed E-state index contributed by atoms with van der Waals surface area (Å²) in [5.41, 5.74) is 2.74. The zero-order valence-electron chi connectivity index (χ0n) is 9.72. The lowest BCUT2D eigenvalue weighted by atomic mass is 10.2. The maximum Gasteiger partial charge on any atom is 0.328 e. The van der Waals surface area contributed by atoms with Crippen LogP contribution in [0.4, 0.5) is 0 Å². The minimum Gasteiger partial charge on any atom is -0.478 e. The van der Waals surface area contributed by atoms with Crippen LogP contribution in [0.15, 0.2) is 42.2 Å².